The standard InChI is InChI=1S/C29H31N3O3/c33-27(30-20-21-7-5-10-24(19-21)28(34)31-15-3-4-16-31)23-13-17-32(18-14-23)29(35)26-12-6-9-22-8-1-2-11-25(22)26/h1-2,5-12,19,23H,3-4,13-18,20H2,(H,30,33). The zero-order valence-electron chi connectivity index (χ0n) is 19.9. The first-order valence-electron chi connectivity index (χ1n) is 12.5. The van der Waals surface area contributed by atoms with Gasteiger partial charge in [-0.05, 0) is 60.2 Å². The third kappa shape index (κ3) is 5.06. The molecule has 5 rings (SSSR count). The number of nitrogens with one attached hydrogen (secondary N) is 1. The van der Waals surface area contributed by atoms with E-state index in [-0.39, 0.29) is 23.6 Å². The molecular formula is C29H31N3O3. The van der Waals surface area contributed by atoms with Gasteiger partial charge in [-0.15, -0.1) is 0 Å². The predicted octanol–water partition coefficient (Wildman–Crippen LogP) is 4.24. The second kappa shape index (κ2) is 10.3. The maximum Gasteiger partial charge on any atom is 0.254 e. The Balaban J connectivity index is 1.15. The average Bonchev–Trinajstić information content (AvgIpc) is 3.46. The Morgan fingerprint density at radius 1 is 0.771 bits per heavy atom. The third-order valence-corrected chi connectivity index (χ3v) is 7.21. The summed E-state index contributed by atoms with van der Waals surface area (Å²) in [5.41, 5.74) is 2.32. The van der Waals surface area contributed by atoms with Crippen LogP contribution >= 0.6 is 0 Å². The number of benzene rings is 3. The van der Waals surface area contributed by atoms with Gasteiger partial charge in [0.2, 0.25) is 5.91 Å². The summed E-state index contributed by atoms with van der Waals surface area (Å²) >= 11 is 0. The Bertz CT molecular complexity index is 1240. The van der Waals surface area contributed by atoms with E-state index >= 15 is 0 Å². The highest BCUT2D eigenvalue weighted by Crippen LogP contribution is 2.24. The molecule has 0 spiro atoms. The van der Waals surface area contributed by atoms with Crippen LogP contribution in [0, 0.1) is 5.92 Å². The molecular weight excluding hydrogens is 438 g/mol. The summed E-state index contributed by atoms with van der Waals surface area (Å²) in [6.07, 6.45) is 3.42. The maximum absolute atomic E-state index is 13.2. The van der Waals surface area contributed by atoms with Gasteiger partial charge >= 0.3 is 0 Å². The van der Waals surface area contributed by atoms with Crippen molar-refractivity contribution in [3.63, 3.8) is 0 Å². The summed E-state index contributed by atoms with van der Waals surface area (Å²) in [6.45, 7) is 3.18. The first kappa shape index (κ1) is 23.1. The highest BCUT2D eigenvalue weighted by Gasteiger charge is 2.28. The first-order chi connectivity index (χ1) is 17.1. The van der Waals surface area contributed by atoms with Crippen LogP contribution in [0.1, 0.15) is 52.0 Å². The van der Waals surface area contributed by atoms with E-state index in [2.05, 4.69) is 5.32 Å². The molecule has 6 heteroatoms. The van der Waals surface area contributed by atoms with Crippen LogP contribution in [-0.4, -0.2) is 53.7 Å². The number of nitrogens with zero attached hydrogens (tertiary/aromatic N) is 2. The maximum atomic E-state index is 13.2. The summed E-state index contributed by atoms with van der Waals surface area (Å²) in [6, 6.07) is 21.3. The topological polar surface area (TPSA) is 69.7 Å². The van der Waals surface area contributed by atoms with Gasteiger partial charge in [-0.2, -0.15) is 0 Å². The summed E-state index contributed by atoms with van der Waals surface area (Å²) in [5.74, 6) is -0.00133. The zero-order valence-corrected chi connectivity index (χ0v) is 19.9. The number of carbonyl (C=O) groups excluding carboxylic acids is 3. The Morgan fingerprint density at radius 2 is 1.46 bits per heavy atom. The SMILES string of the molecule is O=C(NCc1cccc(C(=O)N2CCCC2)c1)C1CCN(C(=O)c2cccc3ccccc23)CC1. The lowest BCUT2D eigenvalue weighted by molar-refractivity contribution is -0.126. The highest BCUT2D eigenvalue weighted by molar-refractivity contribution is 6.07. The van der Waals surface area contributed by atoms with Crippen molar-refractivity contribution >= 4 is 28.5 Å². The number of carbonyl (C=O) groups is 3. The molecule has 0 unspecified atom stereocenters. The van der Waals surface area contributed by atoms with Crippen molar-refractivity contribution in [2.45, 2.75) is 32.2 Å². The normalized spacial score (nSPS) is 16.5. The lowest BCUT2D eigenvalue weighted by Gasteiger charge is -2.31. The van der Waals surface area contributed by atoms with E-state index in [0.717, 1.165) is 47.8 Å². The van der Waals surface area contributed by atoms with Crippen LogP contribution in [0.15, 0.2) is 66.7 Å². The molecule has 0 bridgehead atoms. The van der Waals surface area contributed by atoms with Crippen molar-refractivity contribution < 1.29 is 14.4 Å². The average molecular weight is 470 g/mol. The minimum absolute atomic E-state index is 0.0125. The summed E-state index contributed by atoms with van der Waals surface area (Å²) in [5, 5.41) is 5.05. The van der Waals surface area contributed by atoms with E-state index in [1.165, 1.54) is 0 Å². The van der Waals surface area contributed by atoms with Crippen molar-refractivity contribution in [1.82, 2.24) is 15.1 Å². The molecule has 6 nitrogen and oxygen atoms in total. The van der Waals surface area contributed by atoms with E-state index in [1.807, 2.05) is 76.5 Å². The van der Waals surface area contributed by atoms with Crippen LogP contribution in [0.4, 0.5) is 0 Å². The molecule has 2 heterocycles. The number of hydrogen-bond acceptors (Lipinski definition) is 3. The van der Waals surface area contributed by atoms with Crippen LogP contribution in [0.25, 0.3) is 10.8 Å². The third-order valence-electron chi connectivity index (χ3n) is 7.21. The molecule has 2 aliphatic heterocycles. The number of fused-ring (bicyclic) bond motifs is 1. The Kier molecular flexibility index (Phi) is 6.80. The summed E-state index contributed by atoms with van der Waals surface area (Å²) < 4.78 is 0. The summed E-state index contributed by atoms with van der Waals surface area (Å²) in [7, 11) is 0. The van der Waals surface area contributed by atoms with Crippen molar-refractivity contribution in [1.29, 1.82) is 0 Å². The van der Waals surface area contributed by atoms with Gasteiger partial charge in [0, 0.05) is 49.8 Å². The number of rotatable bonds is 5. The van der Waals surface area contributed by atoms with E-state index in [1.54, 1.807) is 0 Å². The minimum atomic E-state index is -0.110. The minimum Gasteiger partial charge on any atom is -0.352 e. The van der Waals surface area contributed by atoms with Gasteiger partial charge in [0.25, 0.3) is 11.8 Å². The van der Waals surface area contributed by atoms with Gasteiger partial charge in [-0.1, -0.05) is 48.5 Å². The molecule has 0 saturated carbocycles. The quantitative estimate of drug-likeness (QED) is 0.608. The van der Waals surface area contributed by atoms with Gasteiger partial charge < -0.3 is 15.1 Å². The molecule has 0 atom stereocenters. The molecule has 2 saturated heterocycles. The number of hydrogen-bond donors (Lipinski definition) is 1. The Hall–Kier alpha value is -3.67. The molecule has 3 aromatic carbocycles. The molecule has 0 aromatic heterocycles. The second-order valence-electron chi connectivity index (χ2n) is 9.51. The fraction of sp³-hybridized carbons (Fsp3) is 0.345. The fourth-order valence-electron chi connectivity index (χ4n) is 5.18. The summed E-state index contributed by atoms with van der Waals surface area (Å²) in [4.78, 5) is 42.4. The zero-order chi connectivity index (χ0) is 24.2. The lowest BCUT2D eigenvalue weighted by Crippen LogP contribution is -2.43. The molecule has 3 aromatic rings. The molecule has 0 aliphatic carbocycles. The van der Waals surface area contributed by atoms with Crippen LogP contribution in [0.5, 0.6) is 0 Å². The van der Waals surface area contributed by atoms with E-state index < -0.39 is 0 Å². The van der Waals surface area contributed by atoms with Gasteiger partial charge in [0.05, 0.1) is 0 Å². The molecule has 2 fully saturated rings. The van der Waals surface area contributed by atoms with Gasteiger partial charge in [-0.3, -0.25) is 14.4 Å². The van der Waals surface area contributed by atoms with Crippen molar-refractivity contribution in [3.8, 4) is 0 Å². The first-order valence-corrected chi connectivity index (χ1v) is 12.5. The van der Waals surface area contributed by atoms with Crippen molar-refractivity contribution in [2.24, 2.45) is 5.92 Å². The van der Waals surface area contributed by atoms with Crippen molar-refractivity contribution in [2.75, 3.05) is 26.2 Å². The van der Waals surface area contributed by atoms with Crippen LogP contribution in [0.3, 0.4) is 0 Å². The Morgan fingerprint density at radius 3 is 2.26 bits per heavy atom. The smallest absolute Gasteiger partial charge is 0.254 e. The number of piperidine rings is 1. The van der Waals surface area contributed by atoms with E-state index in [9.17, 15) is 14.4 Å². The molecule has 0 radical (unpaired) electrons. The number of likely N-dealkylation sites (tertiary alicyclic amines) is 2. The van der Waals surface area contributed by atoms with E-state index in [4.69, 9.17) is 0 Å². The molecule has 1 N–H and O–H groups in total. The van der Waals surface area contributed by atoms with Crippen molar-refractivity contribution in [3.05, 3.63) is 83.4 Å². The highest BCUT2D eigenvalue weighted by atomic mass is 16.2. The number of amides is 3. The monoisotopic (exact) mass is 469 g/mol. The van der Waals surface area contributed by atoms with Gasteiger partial charge in [-0.25, -0.2) is 0 Å². The molecule has 180 valence electrons. The molecule has 3 amide bonds. The molecule has 2 aliphatic rings. The van der Waals surface area contributed by atoms with E-state index in [0.29, 0.717) is 38.0 Å². The van der Waals surface area contributed by atoms with Crippen LogP contribution < -0.4 is 5.32 Å². The van der Waals surface area contributed by atoms with Crippen LogP contribution in [-0.2, 0) is 11.3 Å². The van der Waals surface area contributed by atoms with Gasteiger partial charge in [0.15, 0.2) is 0 Å². The largest absolute Gasteiger partial charge is 0.352 e. The lowest BCUT2D eigenvalue weighted by atomic mass is 9.94. The molecule has 35 heavy (non-hydrogen) atoms. The predicted molar refractivity (Wildman–Crippen MR) is 136 cm³/mol. The fourth-order valence-corrected chi connectivity index (χ4v) is 5.18. The van der Waals surface area contributed by atoms with Gasteiger partial charge in [0.1, 0.15) is 0 Å². The second-order valence-corrected chi connectivity index (χ2v) is 9.51. The Labute approximate surface area is 205 Å². The van der Waals surface area contributed by atoms with Crippen LogP contribution in [0.2, 0.25) is 0 Å².